The standard InChI is InChI=1S/C30H30ClN3O7S2/c1-4-41-29-8-6-5-7-27(29)34(43(38,39)25-14-10-22(31)11-15-25)20-30(35)32-23-12-16-24(17-13-23)42(36,37)33-26-19-21(2)9-18-28(26)40-3/h5-19,33H,4,20H2,1-3H3,(H,32,35). The third-order valence-electron chi connectivity index (χ3n) is 6.17. The molecule has 0 aliphatic heterocycles. The fourth-order valence-corrected chi connectivity index (χ4v) is 6.75. The van der Waals surface area contributed by atoms with Crippen LogP contribution < -0.4 is 23.8 Å². The van der Waals surface area contributed by atoms with E-state index < -0.39 is 32.5 Å². The minimum Gasteiger partial charge on any atom is -0.495 e. The number of anilines is 3. The van der Waals surface area contributed by atoms with Crippen LogP contribution in [0.3, 0.4) is 0 Å². The molecule has 0 saturated carbocycles. The van der Waals surface area contributed by atoms with Gasteiger partial charge < -0.3 is 14.8 Å². The topological polar surface area (TPSA) is 131 Å². The van der Waals surface area contributed by atoms with Crippen LogP contribution >= 0.6 is 11.6 Å². The van der Waals surface area contributed by atoms with E-state index >= 15 is 0 Å². The Morgan fingerprint density at radius 3 is 2.16 bits per heavy atom. The van der Waals surface area contributed by atoms with Crippen LogP contribution in [0.2, 0.25) is 5.02 Å². The smallest absolute Gasteiger partial charge is 0.264 e. The summed E-state index contributed by atoms with van der Waals surface area (Å²) in [6, 6.07) is 22.7. The molecule has 2 N–H and O–H groups in total. The number of hydrogen-bond donors (Lipinski definition) is 2. The number of nitrogens with one attached hydrogen (secondary N) is 2. The molecule has 0 radical (unpaired) electrons. The zero-order valence-electron chi connectivity index (χ0n) is 23.6. The van der Waals surface area contributed by atoms with Crippen LogP contribution in [0.15, 0.2) is 101 Å². The Labute approximate surface area is 256 Å². The molecule has 0 heterocycles. The van der Waals surface area contributed by atoms with Crippen molar-refractivity contribution in [3.05, 3.63) is 102 Å². The Hall–Kier alpha value is -4.26. The molecule has 0 fully saturated rings. The van der Waals surface area contributed by atoms with Crippen molar-refractivity contribution in [3.63, 3.8) is 0 Å². The highest BCUT2D eigenvalue weighted by atomic mass is 35.5. The van der Waals surface area contributed by atoms with Crippen LogP contribution in [0.25, 0.3) is 0 Å². The van der Waals surface area contributed by atoms with E-state index in [1.54, 1.807) is 49.4 Å². The fraction of sp³-hybridized carbons (Fsp3) is 0.167. The number of para-hydroxylation sites is 2. The van der Waals surface area contributed by atoms with Crippen molar-refractivity contribution in [2.75, 3.05) is 34.6 Å². The highest BCUT2D eigenvalue weighted by molar-refractivity contribution is 7.93. The van der Waals surface area contributed by atoms with Crippen LogP contribution in [0.5, 0.6) is 11.5 Å². The van der Waals surface area contributed by atoms with E-state index in [0.29, 0.717) is 10.8 Å². The lowest BCUT2D eigenvalue weighted by Crippen LogP contribution is -2.38. The minimum atomic E-state index is -4.23. The second-order valence-electron chi connectivity index (χ2n) is 9.25. The van der Waals surface area contributed by atoms with Crippen LogP contribution in [-0.2, 0) is 24.8 Å². The van der Waals surface area contributed by atoms with E-state index in [2.05, 4.69) is 10.0 Å². The van der Waals surface area contributed by atoms with Gasteiger partial charge in [0.1, 0.15) is 18.0 Å². The minimum absolute atomic E-state index is 0.0494. The molecule has 0 atom stereocenters. The van der Waals surface area contributed by atoms with Crippen molar-refractivity contribution in [1.29, 1.82) is 0 Å². The van der Waals surface area contributed by atoms with Crippen molar-refractivity contribution < 1.29 is 31.1 Å². The number of sulfonamides is 2. The van der Waals surface area contributed by atoms with Gasteiger partial charge in [0.05, 0.1) is 34.9 Å². The van der Waals surface area contributed by atoms with Gasteiger partial charge in [-0.05, 0) is 92.2 Å². The van der Waals surface area contributed by atoms with Gasteiger partial charge in [-0.25, -0.2) is 16.8 Å². The van der Waals surface area contributed by atoms with E-state index in [1.165, 1.54) is 55.6 Å². The zero-order chi connectivity index (χ0) is 31.2. The van der Waals surface area contributed by atoms with E-state index in [4.69, 9.17) is 21.1 Å². The van der Waals surface area contributed by atoms with Crippen molar-refractivity contribution in [2.45, 2.75) is 23.6 Å². The van der Waals surface area contributed by atoms with Gasteiger partial charge in [0.2, 0.25) is 5.91 Å². The predicted molar refractivity (Wildman–Crippen MR) is 167 cm³/mol. The molecule has 0 saturated heterocycles. The largest absolute Gasteiger partial charge is 0.495 e. The molecule has 4 aromatic carbocycles. The van der Waals surface area contributed by atoms with E-state index in [9.17, 15) is 21.6 Å². The summed E-state index contributed by atoms with van der Waals surface area (Å²) >= 11 is 5.96. The molecule has 1 amide bonds. The second kappa shape index (κ2) is 13.4. The molecule has 226 valence electrons. The summed E-state index contributed by atoms with van der Waals surface area (Å²) in [4.78, 5) is 13.1. The molecule has 10 nitrogen and oxygen atoms in total. The summed E-state index contributed by atoms with van der Waals surface area (Å²) in [6.45, 7) is 3.27. The van der Waals surface area contributed by atoms with Crippen LogP contribution in [0.4, 0.5) is 17.1 Å². The van der Waals surface area contributed by atoms with Crippen molar-refractivity contribution >= 4 is 54.6 Å². The van der Waals surface area contributed by atoms with Gasteiger partial charge >= 0.3 is 0 Å². The Kier molecular flexibility index (Phi) is 9.84. The second-order valence-corrected chi connectivity index (χ2v) is 13.2. The number of benzene rings is 4. The summed E-state index contributed by atoms with van der Waals surface area (Å²) < 4.78 is 67.9. The number of methoxy groups -OCH3 is 1. The Morgan fingerprint density at radius 2 is 1.51 bits per heavy atom. The first kappa shape index (κ1) is 31.7. The highest BCUT2D eigenvalue weighted by Crippen LogP contribution is 2.33. The lowest BCUT2D eigenvalue weighted by Gasteiger charge is -2.26. The van der Waals surface area contributed by atoms with Crippen LogP contribution in [0, 0.1) is 6.92 Å². The predicted octanol–water partition coefficient (Wildman–Crippen LogP) is 5.69. The normalized spacial score (nSPS) is 11.4. The number of carbonyl (C=O) groups is 1. The quantitative estimate of drug-likeness (QED) is 0.203. The lowest BCUT2D eigenvalue weighted by molar-refractivity contribution is -0.114. The Morgan fingerprint density at radius 1 is 0.860 bits per heavy atom. The molecule has 0 aliphatic rings. The maximum absolute atomic E-state index is 13.7. The maximum atomic E-state index is 13.7. The van der Waals surface area contributed by atoms with Gasteiger partial charge in [0.25, 0.3) is 20.0 Å². The summed E-state index contributed by atoms with van der Waals surface area (Å²) in [5.74, 6) is -0.0215. The molecule has 0 aromatic heterocycles. The van der Waals surface area contributed by atoms with Gasteiger partial charge in [0.15, 0.2) is 0 Å². The molecule has 0 aliphatic carbocycles. The van der Waals surface area contributed by atoms with E-state index in [1.807, 2.05) is 6.92 Å². The highest BCUT2D eigenvalue weighted by Gasteiger charge is 2.29. The average Bonchev–Trinajstić information content (AvgIpc) is 2.97. The Balaban J connectivity index is 1.57. The van der Waals surface area contributed by atoms with E-state index in [-0.39, 0.29) is 39.2 Å². The van der Waals surface area contributed by atoms with Crippen molar-refractivity contribution in [3.8, 4) is 11.5 Å². The van der Waals surface area contributed by atoms with Gasteiger partial charge in [-0.2, -0.15) is 0 Å². The van der Waals surface area contributed by atoms with Gasteiger partial charge in [-0.1, -0.05) is 29.8 Å². The molecule has 4 rings (SSSR count). The Bertz CT molecular complexity index is 1810. The fourth-order valence-electron chi connectivity index (χ4n) is 4.13. The van der Waals surface area contributed by atoms with Gasteiger partial charge in [0, 0.05) is 10.7 Å². The monoisotopic (exact) mass is 643 g/mol. The summed E-state index contributed by atoms with van der Waals surface area (Å²) in [6.07, 6.45) is 0. The molecule has 13 heteroatoms. The molecule has 0 spiro atoms. The summed E-state index contributed by atoms with van der Waals surface area (Å²) in [7, 11) is -6.77. The van der Waals surface area contributed by atoms with Crippen molar-refractivity contribution in [1.82, 2.24) is 0 Å². The lowest BCUT2D eigenvalue weighted by atomic mass is 10.2. The summed E-state index contributed by atoms with van der Waals surface area (Å²) in [5.41, 5.74) is 1.56. The number of amides is 1. The number of carbonyl (C=O) groups excluding carboxylic acids is 1. The van der Waals surface area contributed by atoms with Gasteiger partial charge in [-0.15, -0.1) is 0 Å². The van der Waals surface area contributed by atoms with Crippen LogP contribution in [-0.4, -0.2) is 43.0 Å². The molecular weight excluding hydrogens is 614 g/mol. The van der Waals surface area contributed by atoms with Gasteiger partial charge in [-0.3, -0.25) is 13.8 Å². The maximum Gasteiger partial charge on any atom is 0.264 e. The SMILES string of the molecule is CCOc1ccccc1N(CC(=O)Nc1ccc(S(=O)(=O)Nc2cc(C)ccc2OC)cc1)S(=O)(=O)c1ccc(Cl)cc1. The number of nitrogens with zero attached hydrogens (tertiary/aromatic N) is 1. The number of rotatable bonds is 12. The first-order valence-electron chi connectivity index (χ1n) is 13.0. The first-order valence-corrected chi connectivity index (χ1v) is 16.3. The third kappa shape index (κ3) is 7.58. The number of aryl methyl sites for hydroxylation is 1. The number of hydrogen-bond acceptors (Lipinski definition) is 7. The third-order valence-corrected chi connectivity index (χ3v) is 9.58. The van der Waals surface area contributed by atoms with E-state index in [0.717, 1.165) is 9.87 Å². The molecular formula is C30H30ClN3O7S2. The molecule has 0 bridgehead atoms. The average molecular weight is 644 g/mol. The molecule has 43 heavy (non-hydrogen) atoms. The van der Waals surface area contributed by atoms with Crippen molar-refractivity contribution in [2.24, 2.45) is 0 Å². The summed E-state index contributed by atoms with van der Waals surface area (Å²) in [5, 5.41) is 3.00. The van der Waals surface area contributed by atoms with Crippen LogP contribution in [0.1, 0.15) is 12.5 Å². The number of halogens is 1. The molecule has 4 aromatic rings. The molecule has 0 unspecified atom stereocenters. The number of ether oxygens (including phenoxy) is 2. The zero-order valence-corrected chi connectivity index (χ0v) is 26.0. The first-order chi connectivity index (χ1) is 20.4.